The monoisotopic (exact) mass is 486 g/mol. The van der Waals surface area contributed by atoms with Crippen LogP contribution in [0.15, 0.2) is 35.3 Å². The normalized spacial score (nSPS) is 23.7. The second kappa shape index (κ2) is 10.6. The van der Waals surface area contributed by atoms with Crippen molar-refractivity contribution in [3.05, 3.63) is 35.9 Å². The van der Waals surface area contributed by atoms with Crippen LogP contribution >= 0.6 is 24.0 Å². The van der Waals surface area contributed by atoms with Crippen LogP contribution in [-0.4, -0.2) is 75.3 Å². The Hall–Kier alpha value is -0.860. The van der Waals surface area contributed by atoms with Crippen LogP contribution in [0.4, 0.5) is 0 Å². The van der Waals surface area contributed by atoms with Crippen molar-refractivity contribution < 1.29 is 4.74 Å². The average Bonchev–Trinajstić information content (AvgIpc) is 3.28. The minimum atomic E-state index is 0. The molecule has 1 aromatic carbocycles. The minimum Gasteiger partial charge on any atom is -0.381 e. The van der Waals surface area contributed by atoms with Gasteiger partial charge >= 0.3 is 0 Å². The first-order valence-corrected chi connectivity index (χ1v) is 9.93. The Kier molecular flexibility index (Phi) is 8.82. The van der Waals surface area contributed by atoms with Gasteiger partial charge in [0.05, 0.1) is 13.2 Å². The van der Waals surface area contributed by atoms with E-state index in [9.17, 15) is 0 Å². The van der Waals surface area contributed by atoms with Crippen molar-refractivity contribution in [3.63, 3.8) is 0 Å². The summed E-state index contributed by atoms with van der Waals surface area (Å²) < 4.78 is 5.67. The van der Waals surface area contributed by atoms with E-state index in [0.29, 0.717) is 11.5 Å². The molecule has 2 atom stereocenters. The summed E-state index contributed by atoms with van der Waals surface area (Å²) in [6, 6.07) is 11.1. The van der Waals surface area contributed by atoms with E-state index in [4.69, 9.17) is 9.73 Å². The van der Waals surface area contributed by atoms with Crippen molar-refractivity contribution in [2.75, 3.05) is 53.5 Å². The lowest BCUT2D eigenvalue weighted by Crippen LogP contribution is -2.42. The maximum Gasteiger partial charge on any atom is 0.193 e. The molecule has 0 bridgehead atoms. The molecular weight excluding hydrogens is 451 g/mol. The van der Waals surface area contributed by atoms with Crippen LogP contribution in [-0.2, 0) is 11.2 Å². The predicted molar refractivity (Wildman–Crippen MR) is 123 cm³/mol. The van der Waals surface area contributed by atoms with E-state index in [1.165, 1.54) is 18.4 Å². The van der Waals surface area contributed by atoms with Crippen molar-refractivity contribution >= 4 is 29.9 Å². The van der Waals surface area contributed by atoms with Crippen LogP contribution in [0, 0.1) is 5.41 Å². The number of ether oxygens (including phenoxy) is 1. The number of nitrogens with zero attached hydrogens (tertiary/aromatic N) is 3. The molecule has 2 aliphatic rings. The summed E-state index contributed by atoms with van der Waals surface area (Å²) in [5.41, 5.74) is 1.73. The molecule has 2 heterocycles. The maximum absolute atomic E-state index is 5.67. The number of nitrogens with one attached hydrogen (secondary N) is 1. The van der Waals surface area contributed by atoms with Gasteiger partial charge in [-0.25, -0.2) is 0 Å². The number of likely N-dealkylation sites (tertiary alicyclic amines) is 1. The van der Waals surface area contributed by atoms with Crippen LogP contribution in [0.2, 0.25) is 0 Å². The van der Waals surface area contributed by atoms with E-state index in [1.807, 2.05) is 0 Å². The van der Waals surface area contributed by atoms with Crippen molar-refractivity contribution in [2.45, 2.75) is 32.2 Å². The minimum absolute atomic E-state index is 0. The fourth-order valence-corrected chi connectivity index (χ4v) is 4.00. The number of benzene rings is 1. The third-order valence-electron chi connectivity index (χ3n) is 5.75. The molecule has 2 unspecified atom stereocenters. The van der Waals surface area contributed by atoms with Gasteiger partial charge in [-0.2, -0.15) is 0 Å². The fraction of sp³-hybridized carbons (Fsp3) is 0.667. The summed E-state index contributed by atoms with van der Waals surface area (Å²) in [7, 11) is 4.30. The number of hydrogen-bond donors (Lipinski definition) is 1. The molecule has 2 fully saturated rings. The van der Waals surface area contributed by atoms with Crippen molar-refractivity contribution in [3.8, 4) is 0 Å². The van der Waals surface area contributed by atoms with Crippen LogP contribution in [0.5, 0.6) is 0 Å². The van der Waals surface area contributed by atoms with Gasteiger partial charge in [0.2, 0.25) is 0 Å². The van der Waals surface area contributed by atoms with E-state index in [0.717, 1.165) is 51.8 Å². The van der Waals surface area contributed by atoms with Crippen LogP contribution < -0.4 is 5.32 Å². The molecule has 1 spiro atoms. The van der Waals surface area contributed by atoms with Gasteiger partial charge in [-0.3, -0.25) is 4.99 Å². The highest BCUT2D eigenvalue weighted by Gasteiger charge is 2.42. The SMILES string of the molecule is CCNC(=NCC(Cc1ccccc1)N(C)C)N1CCC2(CCOC2)C1.I. The van der Waals surface area contributed by atoms with Gasteiger partial charge < -0.3 is 19.9 Å². The molecule has 5 nitrogen and oxygen atoms in total. The number of guanidine groups is 1. The highest BCUT2D eigenvalue weighted by molar-refractivity contribution is 14.0. The Balaban J connectivity index is 0.00000261. The average molecular weight is 486 g/mol. The quantitative estimate of drug-likeness (QED) is 0.382. The summed E-state index contributed by atoms with van der Waals surface area (Å²) in [6.45, 7) is 7.85. The molecule has 0 saturated carbocycles. The lowest BCUT2D eigenvalue weighted by atomic mass is 9.87. The van der Waals surface area contributed by atoms with Gasteiger partial charge in [0.1, 0.15) is 0 Å². The molecule has 2 saturated heterocycles. The van der Waals surface area contributed by atoms with Gasteiger partial charge in [0.15, 0.2) is 5.96 Å². The molecule has 152 valence electrons. The summed E-state index contributed by atoms with van der Waals surface area (Å²) in [5, 5.41) is 3.51. The van der Waals surface area contributed by atoms with Crippen LogP contribution in [0.1, 0.15) is 25.3 Å². The summed E-state index contributed by atoms with van der Waals surface area (Å²) in [5.74, 6) is 1.07. The second-order valence-corrected chi connectivity index (χ2v) is 7.98. The van der Waals surface area contributed by atoms with E-state index >= 15 is 0 Å². The van der Waals surface area contributed by atoms with Gasteiger partial charge in [-0.05, 0) is 45.8 Å². The molecule has 1 aromatic rings. The molecule has 6 heteroatoms. The first-order valence-electron chi connectivity index (χ1n) is 9.93. The first-order chi connectivity index (χ1) is 12.6. The second-order valence-electron chi connectivity index (χ2n) is 7.98. The molecular formula is C21H35IN4O. The van der Waals surface area contributed by atoms with E-state index in [-0.39, 0.29) is 24.0 Å². The van der Waals surface area contributed by atoms with E-state index in [2.05, 4.69) is 66.5 Å². The lowest BCUT2D eigenvalue weighted by molar-refractivity contribution is 0.156. The number of aliphatic imine (C=N–C) groups is 1. The molecule has 3 rings (SSSR count). The third kappa shape index (κ3) is 6.06. The molecule has 2 aliphatic heterocycles. The van der Waals surface area contributed by atoms with Gasteiger partial charge in [-0.15, -0.1) is 24.0 Å². The van der Waals surface area contributed by atoms with Crippen molar-refractivity contribution in [1.29, 1.82) is 0 Å². The molecule has 27 heavy (non-hydrogen) atoms. The number of hydrogen-bond acceptors (Lipinski definition) is 3. The highest BCUT2D eigenvalue weighted by Crippen LogP contribution is 2.38. The van der Waals surface area contributed by atoms with Gasteiger partial charge in [-0.1, -0.05) is 30.3 Å². The number of rotatable bonds is 6. The third-order valence-corrected chi connectivity index (χ3v) is 5.75. The topological polar surface area (TPSA) is 40.1 Å². The molecule has 0 aromatic heterocycles. The summed E-state index contributed by atoms with van der Waals surface area (Å²) in [4.78, 5) is 9.74. The van der Waals surface area contributed by atoms with Crippen molar-refractivity contribution in [1.82, 2.24) is 15.1 Å². The fourth-order valence-electron chi connectivity index (χ4n) is 4.00. The maximum atomic E-state index is 5.67. The lowest BCUT2D eigenvalue weighted by Gasteiger charge is -2.27. The zero-order valence-corrected chi connectivity index (χ0v) is 19.3. The van der Waals surface area contributed by atoms with E-state index in [1.54, 1.807) is 0 Å². The zero-order valence-electron chi connectivity index (χ0n) is 17.0. The molecule has 1 N–H and O–H groups in total. The summed E-state index contributed by atoms with van der Waals surface area (Å²) >= 11 is 0. The van der Waals surface area contributed by atoms with Crippen LogP contribution in [0.25, 0.3) is 0 Å². The smallest absolute Gasteiger partial charge is 0.193 e. The van der Waals surface area contributed by atoms with Crippen molar-refractivity contribution in [2.24, 2.45) is 10.4 Å². The molecule has 0 aliphatic carbocycles. The van der Waals surface area contributed by atoms with E-state index < -0.39 is 0 Å². The first kappa shape index (κ1) is 22.4. The van der Waals surface area contributed by atoms with Gasteiger partial charge in [0, 0.05) is 37.7 Å². The molecule has 0 radical (unpaired) electrons. The Labute approximate surface area is 181 Å². The Morgan fingerprint density at radius 1 is 1.30 bits per heavy atom. The molecule has 0 amide bonds. The highest BCUT2D eigenvalue weighted by atomic mass is 127. The zero-order chi connectivity index (χ0) is 18.4. The Bertz CT molecular complexity index is 587. The summed E-state index contributed by atoms with van der Waals surface area (Å²) in [6.07, 6.45) is 3.43. The van der Waals surface area contributed by atoms with Gasteiger partial charge in [0.25, 0.3) is 0 Å². The number of likely N-dealkylation sites (N-methyl/N-ethyl adjacent to an activating group) is 1. The Morgan fingerprint density at radius 3 is 2.70 bits per heavy atom. The number of halogens is 1. The Morgan fingerprint density at radius 2 is 2.07 bits per heavy atom. The largest absolute Gasteiger partial charge is 0.381 e. The predicted octanol–water partition coefficient (Wildman–Crippen LogP) is 2.86. The van der Waals surface area contributed by atoms with Crippen LogP contribution in [0.3, 0.4) is 0 Å². The standard InChI is InChI=1S/C21H34N4O.HI/c1-4-22-20(25-12-10-21(16-25)11-13-26-17-21)23-15-19(24(2)3)14-18-8-6-5-7-9-18;/h5-9,19H,4,10-17H2,1-3H3,(H,22,23);1H.